The molecule has 0 radical (unpaired) electrons. The molecule has 3 heterocycles. The first-order chi connectivity index (χ1) is 19.3. The van der Waals surface area contributed by atoms with Crippen molar-refractivity contribution in [3.05, 3.63) is 97.2 Å². The van der Waals surface area contributed by atoms with E-state index in [1.807, 2.05) is 54.3 Å². The van der Waals surface area contributed by atoms with Gasteiger partial charge in [0.1, 0.15) is 23.7 Å². The van der Waals surface area contributed by atoms with Gasteiger partial charge in [-0.25, -0.2) is 9.18 Å². The monoisotopic (exact) mass is 582 g/mol. The van der Waals surface area contributed by atoms with Gasteiger partial charge in [-0.3, -0.25) is 9.69 Å². The fraction of sp³-hybridized carbons (Fsp3) is 0.276. The normalized spacial score (nSPS) is 14.6. The quantitative estimate of drug-likeness (QED) is 0.212. The van der Waals surface area contributed by atoms with Gasteiger partial charge in [-0.1, -0.05) is 47.1 Å². The predicted molar refractivity (Wildman–Crippen MR) is 157 cm³/mol. The average Bonchev–Trinajstić information content (AvgIpc) is 3.39. The second kappa shape index (κ2) is 12.2. The van der Waals surface area contributed by atoms with Gasteiger partial charge in [0.2, 0.25) is 5.43 Å². The maximum Gasteiger partial charge on any atom is 0.341 e. The molecule has 2 aromatic heterocycles. The molecule has 4 aromatic rings. The maximum atomic E-state index is 15.3. The van der Waals surface area contributed by atoms with E-state index >= 15 is 4.39 Å². The molecule has 8 nitrogen and oxygen atoms in total. The topological polar surface area (TPSA) is 87.4 Å². The lowest BCUT2D eigenvalue weighted by molar-refractivity contribution is 0.0695. The first-order valence-corrected chi connectivity index (χ1v) is 14.1. The molecule has 0 aliphatic carbocycles. The third-order valence-corrected chi connectivity index (χ3v) is 8.19. The van der Waals surface area contributed by atoms with Crippen molar-refractivity contribution in [3.8, 4) is 0 Å². The Bertz CT molecular complexity index is 1610. The number of fused-ring (bicyclic) bond motifs is 1. The second-order valence-electron chi connectivity index (χ2n) is 9.45. The fourth-order valence-corrected chi connectivity index (χ4v) is 5.81. The van der Waals surface area contributed by atoms with Crippen LogP contribution in [0.2, 0.25) is 4.34 Å². The zero-order valence-electron chi connectivity index (χ0n) is 21.8. The van der Waals surface area contributed by atoms with Crippen molar-refractivity contribution < 1.29 is 19.1 Å². The minimum absolute atomic E-state index is 0.0626. The fourth-order valence-electron chi connectivity index (χ4n) is 4.79. The summed E-state index contributed by atoms with van der Waals surface area (Å²) in [6.07, 6.45) is 1.32. The molecule has 1 saturated heterocycles. The molecule has 1 aliphatic rings. The van der Waals surface area contributed by atoms with Crippen molar-refractivity contribution in [2.75, 3.05) is 37.6 Å². The molecular weight excluding hydrogens is 555 g/mol. The Kier molecular flexibility index (Phi) is 8.49. The molecule has 11 heteroatoms. The molecule has 1 aliphatic heterocycles. The number of piperazine rings is 1. The molecular formula is C29H28ClFN4O4S. The van der Waals surface area contributed by atoms with Crippen LogP contribution in [0.5, 0.6) is 0 Å². The number of carboxylic acids is 1. The first kappa shape index (κ1) is 27.8. The van der Waals surface area contributed by atoms with Crippen LogP contribution >= 0.6 is 22.9 Å². The largest absolute Gasteiger partial charge is 0.477 e. The molecule has 0 unspecified atom stereocenters. The zero-order valence-corrected chi connectivity index (χ0v) is 23.4. The van der Waals surface area contributed by atoms with Crippen LogP contribution in [0.4, 0.5) is 10.1 Å². The number of pyridine rings is 1. The summed E-state index contributed by atoms with van der Waals surface area (Å²) in [5, 5.41) is 13.9. The summed E-state index contributed by atoms with van der Waals surface area (Å²) in [5.74, 6) is -1.87. The van der Waals surface area contributed by atoms with Crippen LogP contribution in [0.1, 0.15) is 27.7 Å². The smallest absolute Gasteiger partial charge is 0.341 e. The number of halogens is 2. The lowest BCUT2D eigenvalue weighted by Gasteiger charge is -2.36. The zero-order chi connectivity index (χ0) is 28.2. The second-order valence-corrected chi connectivity index (χ2v) is 11.2. The number of rotatable bonds is 9. The van der Waals surface area contributed by atoms with E-state index < -0.39 is 17.2 Å². The van der Waals surface area contributed by atoms with E-state index in [-0.39, 0.29) is 10.9 Å². The van der Waals surface area contributed by atoms with Crippen LogP contribution in [0.15, 0.2) is 70.7 Å². The van der Waals surface area contributed by atoms with Gasteiger partial charge in [0.05, 0.1) is 20.4 Å². The van der Waals surface area contributed by atoms with E-state index in [1.54, 1.807) is 10.6 Å². The minimum atomic E-state index is -1.33. The van der Waals surface area contributed by atoms with Gasteiger partial charge in [0.15, 0.2) is 0 Å². The standard InChI is InChI=1S/C29H28ClFN4O4S/c1-2-34-16-21(29(37)38)28(36)20-14-22(31)25(15-24(20)34)35-12-10-33(11-13-35)17-23(26-8-9-27(30)40-26)32-39-18-19-6-4-3-5-7-19/h3-9,14-16H,2,10-13,17-18H2,1H3,(H,37,38)/b32-23-. The maximum absolute atomic E-state index is 15.3. The molecule has 2 aromatic carbocycles. The third-order valence-electron chi connectivity index (χ3n) is 6.91. The number of anilines is 1. The van der Waals surface area contributed by atoms with Crippen LogP contribution < -0.4 is 10.3 Å². The Hall–Kier alpha value is -3.73. The number of thiophene rings is 1. The Morgan fingerprint density at radius 1 is 1.12 bits per heavy atom. The number of nitrogens with zero attached hydrogens (tertiary/aromatic N) is 4. The van der Waals surface area contributed by atoms with E-state index in [0.29, 0.717) is 61.4 Å². The number of carbonyl (C=O) groups is 1. The molecule has 40 heavy (non-hydrogen) atoms. The van der Waals surface area contributed by atoms with Gasteiger partial charge in [-0.2, -0.15) is 0 Å². The van der Waals surface area contributed by atoms with Crippen molar-refractivity contribution >= 4 is 51.2 Å². The lowest BCUT2D eigenvalue weighted by Crippen LogP contribution is -2.48. The number of benzene rings is 2. The highest BCUT2D eigenvalue weighted by Crippen LogP contribution is 2.27. The number of carboxylic acid groups (broad SMARTS) is 1. The highest BCUT2D eigenvalue weighted by Gasteiger charge is 2.24. The lowest BCUT2D eigenvalue weighted by atomic mass is 10.1. The molecule has 0 spiro atoms. The summed E-state index contributed by atoms with van der Waals surface area (Å²) in [4.78, 5) is 35.0. The number of oxime groups is 1. The number of hydrogen-bond acceptors (Lipinski definition) is 7. The van der Waals surface area contributed by atoms with Crippen LogP contribution in [-0.4, -0.2) is 59.0 Å². The van der Waals surface area contributed by atoms with Gasteiger partial charge in [-0.15, -0.1) is 11.3 Å². The summed E-state index contributed by atoms with van der Waals surface area (Å²) in [6, 6.07) is 16.4. The third kappa shape index (κ3) is 6.04. The molecule has 0 bridgehead atoms. The number of hydrogen-bond donors (Lipinski definition) is 1. The molecule has 0 atom stereocenters. The van der Waals surface area contributed by atoms with E-state index in [1.165, 1.54) is 17.5 Å². The van der Waals surface area contributed by atoms with Crippen molar-refractivity contribution in [2.45, 2.75) is 20.1 Å². The van der Waals surface area contributed by atoms with Crippen molar-refractivity contribution in [2.24, 2.45) is 5.16 Å². The van der Waals surface area contributed by atoms with Crippen LogP contribution in [0, 0.1) is 5.82 Å². The molecule has 0 saturated carbocycles. The molecule has 5 rings (SSSR count). The average molecular weight is 583 g/mol. The Balaban J connectivity index is 1.31. The van der Waals surface area contributed by atoms with Crippen LogP contribution in [0.3, 0.4) is 0 Å². The Morgan fingerprint density at radius 3 is 2.52 bits per heavy atom. The highest BCUT2D eigenvalue weighted by molar-refractivity contribution is 7.18. The van der Waals surface area contributed by atoms with Crippen molar-refractivity contribution in [1.29, 1.82) is 0 Å². The van der Waals surface area contributed by atoms with E-state index in [0.717, 1.165) is 22.2 Å². The predicted octanol–water partition coefficient (Wildman–Crippen LogP) is 5.32. The first-order valence-electron chi connectivity index (χ1n) is 12.9. The Morgan fingerprint density at radius 2 is 1.88 bits per heavy atom. The summed E-state index contributed by atoms with van der Waals surface area (Å²) in [5.41, 5.74) is 1.65. The summed E-state index contributed by atoms with van der Waals surface area (Å²) in [7, 11) is 0. The number of aromatic nitrogens is 1. The van der Waals surface area contributed by atoms with Crippen LogP contribution in [-0.2, 0) is 18.0 Å². The Labute approximate surface area is 239 Å². The van der Waals surface area contributed by atoms with E-state index in [9.17, 15) is 14.7 Å². The van der Waals surface area contributed by atoms with Crippen LogP contribution in [0.25, 0.3) is 10.9 Å². The summed E-state index contributed by atoms with van der Waals surface area (Å²) in [6.45, 7) is 5.64. The number of aryl methyl sites for hydroxylation is 1. The van der Waals surface area contributed by atoms with Crippen molar-refractivity contribution in [1.82, 2.24) is 9.47 Å². The minimum Gasteiger partial charge on any atom is -0.477 e. The van der Waals surface area contributed by atoms with Gasteiger partial charge >= 0.3 is 5.97 Å². The van der Waals surface area contributed by atoms with Gasteiger partial charge < -0.3 is 19.4 Å². The molecule has 0 amide bonds. The van der Waals surface area contributed by atoms with Gasteiger partial charge in [-0.05, 0) is 36.8 Å². The summed E-state index contributed by atoms with van der Waals surface area (Å²) < 4.78 is 17.6. The SMILES string of the molecule is CCn1cc(C(=O)O)c(=O)c2cc(F)c(N3CCN(C/C(=N/OCc4ccccc4)c4ccc(Cl)s4)CC3)cc21. The van der Waals surface area contributed by atoms with Gasteiger partial charge in [0.25, 0.3) is 0 Å². The highest BCUT2D eigenvalue weighted by atomic mass is 35.5. The van der Waals surface area contributed by atoms with E-state index in [2.05, 4.69) is 10.1 Å². The molecule has 1 fully saturated rings. The van der Waals surface area contributed by atoms with E-state index in [4.69, 9.17) is 16.4 Å². The van der Waals surface area contributed by atoms with Gasteiger partial charge in [0, 0.05) is 50.9 Å². The number of aromatic carboxylic acids is 1. The molecule has 1 N–H and O–H groups in total. The summed E-state index contributed by atoms with van der Waals surface area (Å²) >= 11 is 7.63. The molecule has 208 valence electrons. The van der Waals surface area contributed by atoms with Crippen molar-refractivity contribution in [3.63, 3.8) is 0 Å².